The van der Waals surface area contributed by atoms with Crippen molar-refractivity contribution in [3.05, 3.63) is 57.6 Å². The van der Waals surface area contributed by atoms with Gasteiger partial charge in [-0.1, -0.05) is 95.2 Å². The lowest BCUT2D eigenvalue weighted by molar-refractivity contribution is 0.0843. The van der Waals surface area contributed by atoms with Crippen LogP contribution in [0, 0.1) is 0 Å². The van der Waals surface area contributed by atoms with Crippen molar-refractivity contribution < 1.29 is 19.8 Å². The summed E-state index contributed by atoms with van der Waals surface area (Å²) >= 11 is 0. The minimum Gasteiger partial charge on any atom is -0.507 e. The highest BCUT2D eigenvalue weighted by molar-refractivity contribution is 6.02. The molecule has 36 heavy (non-hydrogen) atoms. The monoisotopic (exact) mass is 496 g/mol. The standard InChI is InChI=1S/C30H44N2O4/c1-27(2,3)19-15-13-17(23(33)21(19)29(7,8)9)25(35)31-32-26(36)18-14-16-20(28(4,5)6)22(24(18)34)30(10,11)12/h13-16,33-34H,1-12H3,(H,31,35)(H,32,36). The second-order valence-corrected chi connectivity index (χ2v) is 13.7. The van der Waals surface area contributed by atoms with Gasteiger partial charge in [-0.3, -0.25) is 20.4 Å². The third-order valence-corrected chi connectivity index (χ3v) is 6.25. The van der Waals surface area contributed by atoms with Crippen molar-refractivity contribution in [3.63, 3.8) is 0 Å². The molecule has 2 rings (SSSR count). The summed E-state index contributed by atoms with van der Waals surface area (Å²) in [6.07, 6.45) is 0. The average molecular weight is 497 g/mol. The van der Waals surface area contributed by atoms with Gasteiger partial charge in [-0.05, 0) is 44.9 Å². The molecule has 0 saturated heterocycles. The molecule has 0 spiro atoms. The topological polar surface area (TPSA) is 98.7 Å². The van der Waals surface area contributed by atoms with Crippen LogP contribution in [0.1, 0.15) is 126 Å². The fourth-order valence-electron chi connectivity index (χ4n) is 4.57. The molecule has 0 aliphatic heterocycles. The molecule has 0 aromatic heterocycles. The second-order valence-electron chi connectivity index (χ2n) is 13.7. The van der Waals surface area contributed by atoms with Crippen LogP contribution in [0.2, 0.25) is 0 Å². The minimum absolute atomic E-state index is 0.0657. The van der Waals surface area contributed by atoms with Crippen molar-refractivity contribution in [1.82, 2.24) is 10.9 Å². The van der Waals surface area contributed by atoms with Crippen molar-refractivity contribution in [2.24, 2.45) is 0 Å². The van der Waals surface area contributed by atoms with Gasteiger partial charge in [-0.2, -0.15) is 0 Å². The smallest absolute Gasteiger partial charge is 0.273 e. The Morgan fingerprint density at radius 1 is 0.528 bits per heavy atom. The molecule has 0 unspecified atom stereocenters. The molecule has 6 nitrogen and oxygen atoms in total. The molecule has 0 bridgehead atoms. The van der Waals surface area contributed by atoms with Gasteiger partial charge in [0.2, 0.25) is 0 Å². The van der Waals surface area contributed by atoms with Gasteiger partial charge in [0.05, 0.1) is 11.1 Å². The van der Waals surface area contributed by atoms with Crippen LogP contribution < -0.4 is 10.9 Å². The van der Waals surface area contributed by atoms with E-state index in [1.54, 1.807) is 12.1 Å². The fraction of sp³-hybridized carbons (Fsp3) is 0.533. The first-order chi connectivity index (χ1) is 16.1. The number of rotatable bonds is 2. The van der Waals surface area contributed by atoms with Gasteiger partial charge in [-0.25, -0.2) is 0 Å². The van der Waals surface area contributed by atoms with E-state index in [-0.39, 0.29) is 33.5 Å². The van der Waals surface area contributed by atoms with E-state index in [9.17, 15) is 19.8 Å². The van der Waals surface area contributed by atoms with Gasteiger partial charge in [0.1, 0.15) is 11.5 Å². The van der Waals surface area contributed by atoms with E-state index in [2.05, 4.69) is 52.4 Å². The molecule has 198 valence electrons. The highest BCUT2D eigenvalue weighted by atomic mass is 16.3. The van der Waals surface area contributed by atoms with Crippen molar-refractivity contribution in [2.45, 2.75) is 105 Å². The van der Waals surface area contributed by atoms with E-state index >= 15 is 0 Å². The summed E-state index contributed by atoms with van der Waals surface area (Å²) in [4.78, 5) is 26.0. The number of carbonyl (C=O) groups is 2. The van der Waals surface area contributed by atoms with Crippen LogP contribution in [-0.4, -0.2) is 22.0 Å². The highest BCUT2D eigenvalue weighted by Crippen LogP contribution is 2.42. The van der Waals surface area contributed by atoms with Crippen molar-refractivity contribution in [1.29, 1.82) is 0 Å². The van der Waals surface area contributed by atoms with Crippen molar-refractivity contribution >= 4 is 11.8 Å². The summed E-state index contributed by atoms with van der Waals surface area (Å²) in [5.74, 6) is -1.49. The molecule has 0 aliphatic carbocycles. The Bertz CT molecular complexity index is 1070. The molecular weight excluding hydrogens is 452 g/mol. The normalized spacial score (nSPS) is 12.9. The van der Waals surface area contributed by atoms with Crippen LogP contribution >= 0.6 is 0 Å². The van der Waals surface area contributed by atoms with Crippen LogP contribution in [0.25, 0.3) is 0 Å². The number of phenols is 2. The molecule has 4 N–H and O–H groups in total. The Kier molecular flexibility index (Phi) is 7.67. The summed E-state index contributed by atoms with van der Waals surface area (Å²) in [7, 11) is 0. The Hall–Kier alpha value is -3.02. The summed E-state index contributed by atoms with van der Waals surface area (Å²) in [6.45, 7) is 24.2. The number of hydrogen-bond acceptors (Lipinski definition) is 4. The molecule has 0 saturated carbocycles. The first kappa shape index (κ1) is 29.2. The maximum Gasteiger partial charge on any atom is 0.273 e. The van der Waals surface area contributed by atoms with E-state index in [1.807, 2.05) is 53.7 Å². The zero-order chi connectivity index (χ0) is 28.0. The Morgan fingerprint density at radius 2 is 0.806 bits per heavy atom. The van der Waals surface area contributed by atoms with E-state index in [4.69, 9.17) is 0 Å². The van der Waals surface area contributed by atoms with Crippen LogP contribution in [0.5, 0.6) is 11.5 Å². The molecule has 2 amide bonds. The minimum atomic E-state index is -0.645. The van der Waals surface area contributed by atoms with Gasteiger partial charge >= 0.3 is 0 Å². The summed E-state index contributed by atoms with van der Waals surface area (Å²) in [5.41, 5.74) is 6.94. The zero-order valence-corrected chi connectivity index (χ0v) is 24.0. The van der Waals surface area contributed by atoms with Gasteiger partial charge in [0, 0.05) is 11.1 Å². The van der Waals surface area contributed by atoms with Gasteiger partial charge in [0.15, 0.2) is 0 Å². The van der Waals surface area contributed by atoms with Crippen LogP contribution in [-0.2, 0) is 21.7 Å². The number of benzene rings is 2. The van der Waals surface area contributed by atoms with Crippen molar-refractivity contribution in [2.75, 3.05) is 0 Å². The number of carbonyl (C=O) groups excluding carboxylic acids is 2. The van der Waals surface area contributed by atoms with Crippen LogP contribution in [0.15, 0.2) is 24.3 Å². The first-order valence-corrected chi connectivity index (χ1v) is 12.4. The largest absolute Gasteiger partial charge is 0.507 e. The molecule has 0 aliphatic rings. The number of nitrogens with one attached hydrogen (secondary N) is 2. The Labute approximate surface area is 216 Å². The lowest BCUT2D eigenvalue weighted by atomic mass is 9.74. The maximum absolute atomic E-state index is 13.0. The maximum atomic E-state index is 13.0. The summed E-state index contributed by atoms with van der Waals surface area (Å²) in [5, 5.41) is 22.2. The van der Waals surface area contributed by atoms with E-state index in [1.165, 1.54) is 0 Å². The molecule has 2 aromatic rings. The number of aromatic hydroxyl groups is 2. The molecule has 0 radical (unpaired) electrons. The fourth-order valence-corrected chi connectivity index (χ4v) is 4.57. The van der Waals surface area contributed by atoms with Gasteiger partial charge in [0.25, 0.3) is 11.8 Å². The molecule has 0 atom stereocenters. The number of hydrogen-bond donors (Lipinski definition) is 4. The molecule has 0 fully saturated rings. The SMILES string of the molecule is CC(C)(C)c1ccc(C(=O)NNC(=O)c2ccc(C(C)(C)C)c(C(C)(C)C)c2O)c(O)c1C(C)(C)C. The van der Waals surface area contributed by atoms with Crippen molar-refractivity contribution in [3.8, 4) is 11.5 Å². The number of amides is 2. The third kappa shape index (κ3) is 6.03. The molecule has 2 aromatic carbocycles. The predicted octanol–water partition coefficient (Wildman–Crippen LogP) is 6.36. The first-order valence-electron chi connectivity index (χ1n) is 12.4. The quantitative estimate of drug-likeness (QED) is 0.363. The van der Waals surface area contributed by atoms with E-state index < -0.39 is 22.6 Å². The van der Waals surface area contributed by atoms with E-state index in [0.717, 1.165) is 11.1 Å². The zero-order valence-electron chi connectivity index (χ0n) is 24.0. The highest BCUT2D eigenvalue weighted by Gasteiger charge is 2.32. The second kappa shape index (κ2) is 9.45. The Morgan fingerprint density at radius 3 is 1.03 bits per heavy atom. The van der Waals surface area contributed by atoms with Crippen LogP contribution in [0.4, 0.5) is 0 Å². The van der Waals surface area contributed by atoms with Gasteiger partial charge < -0.3 is 10.2 Å². The molecular formula is C30H44N2O4. The third-order valence-electron chi connectivity index (χ3n) is 6.25. The number of hydrazine groups is 1. The molecule has 0 heterocycles. The molecule has 6 heteroatoms. The lowest BCUT2D eigenvalue weighted by Gasteiger charge is -2.31. The number of phenolic OH excluding ortho intramolecular Hbond substituents is 2. The lowest BCUT2D eigenvalue weighted by Crippen LogP contribution is -2.42. The van der Waals surface area contributed by atoms with E-state index in [0.29, 0.717) is 11.1 Å². The van der Waals surface area contributed by atoms with Crippen LogP contribution in [0.3, 0.4) is 0 Å². The summed E-state index contributed by atoms with van der Waals surface area (Å²) < 4.78 is 0. The predicted molar refractivity (Wildman–Crippen MR) is 146 cm³/mol. The Balaban J connectivity index is 2.41. The summed E-state index contributed by atoms with van der Waals surface area (Å²) in [6, 6.07) is 6.84. The van der Waals surface area contributed by atoms with Gasteiger partial charge in [-0.15, -0.1) is 0 Å². The average Bonchev–Trinajstić information content (AvgIpc) is 2.67.